The molecule has 2 aromatic rings. The van der Waals surface area contributed by atoms with Crippen molar-refractivity contribution >= 4 is 21.4 Å². The minimum atomic E-state index is -3.88. The molecule has 0 radical (unpaired) electrons. The summed E-state index contributed by atoms with van der Waals surface area (Å²) in [6.45, 7) is 8.44. The summed E-state index contributed by atoms with van der Waals surface area (Å²) < 4.78 is 38.5. The van der Waals surface area contributed by atoms with Crippen LogP contribution in [0.2, 0.25) is 0 Å². The molecule has 1 heterocycles. The Morgan fingerprint density at radius 2 is 1.65 bits per heavy atom. The van der Waals surface area contributed by atoms with Gasteiger partial charge in [-0.3, -0.25) is 15.0 Å². The Morgan fingerprint density at radius 3 is 2.21 bits per heavy atom. The Bertz CT molecular complexity index is 1140. The predicted molar refractivity (Wildman–Crippen MR) is 130 cm³/mol. The number of nitro groups is 1. The molecule has 1 aliphatic rings. The molecule has 0 unspecified atom stereocenters. The van der Waals surface area contributed by atoms with E-state index in [1.807, 2.05) is 23.1 Å². The summed E-state index contributed by atoms with van der Waals surface area (Å²) in [5, 5.41) is 11.8. The Labute approximate surface area is 200 Å². The molecular weight excluding hydrogens is 460 g/mol. The standard InChI is InChI=1S/C23H32N4O6S/c1-23(2,3)24-34(30,31)18-7-8-19(20(15-18)27(28)29)26-12-10-25(11-13-26)16-17-6-9-21(32-4)22(14-17)33-5/h6-9,14-15,24H,10-13,16H2,1-5H3. The summed E-state index contributed by atoms with van der Waals surface area (Å²) in [4.78, 5) is 15.3. The molecule has 0 amide bonds. The Kier molecular flexibility index (Phi) is 7.69. The van der Waals surface area contributed by atoms with Crippen LogP contribution in [-0.4, -0.2) is 64.2 Å². The summed E-state index contributed by atoms with van der Waals surface area (Å²) in [7, 11) is -0.680. The molecule has 10 nitrogen and oxygen atoms in total. The molecule has 0 saturated carbocycles. The van der Waals surface area contributed by atoms with E-state index in [2.05, 4.69) is 9.62 Å². The van der Waals surface area contributed by atoms with Crippen molar-refractivity contribution in [1.29, 1.82) is 0 Å². The molecule has 0 aliphatic carbocycles. The quantitative estimate of drug-likeness (QED) is 0.442. The van der Waals surface area contributed by atoms with Crippen molar-refractivity contribution in [2.45, 2.75) is 37.8 Å². The maximum atomic E-state index is 12.6. The number of rotatable bonds is 8. The Morgan fingerprint density at radius 1 is 1.00 bits per heavy atom. The van der Waals surface area contributed by atoms with Crippen molar-refractivity contribution in [1.82, 2.24) is 9.62 Å². The Hall–Kier alpha value is -2.89. The monoisotopic (exact) mass is 492 g/mol. The van der Waals surface area contributed by atoms with Gasteiger partial charge in [-0.05, 0) is 50.6 Å². The highest BCUT2D eigenvalue weighted by Gasteiger charge is 2.28. The summed E-state index contributed by atoms with van der Waals surface area (Å²) in [5.74, 6) is 1.34. The van der Waals surface area contributed by atoms with Crippen LogP contribution in [0, 0.1) is 10.1 Å². The molecule has 0 atom stereocenters. The first-order chi connectivity index (χ1) is 15.9. The SMILES string of the molecule is COc1ccc(CN2CCN(c3ccc(S(=O)(=O)NC(C)(C)C)cc3[N+](=O)[O-])CC2)cc1OC. The van der Waals surface area contributed by atoms with Gasteiger partial charge >= 0.3 is 0 Å². The van der Waals surface area contributed by atoms with Crippen molar-refractivity contribution < 1.29 is 22.8 Å². The summed E-state index contributed by atoms with van der Waals surface area (Å²) in [5.41, 5.74) is 0.588. The normalized spacial score (nSPS) is 15.3. The van der Waals surface area contributed by atoms with Crippen molar-refractivity contribution in [3.63, 3.8) is 0 Å². The van der Waals surface area contributed by atoms with Crippen LogP contribution in [0.1, 0.15) is 26.3 Å². The third-order valence-electron chi connectivity index (χ3n) is 5.46. The molecule has 0 bridgehead atoms. The van der Waals surface area contributed by atoms with Gasteiger partial charge < -0.3 is 14.4 Å². The second kappa shape index (κ2) is 10.2. The van der Waals surface area contributed by atoms with Gasteiger partial charge in [0.25, 0.3) is 5.69 Å². The molecule has 186 valence electrons. The largest absolute Gasteiger partial charge is 0.493 e. The second-order valence-electron chi connectivity index (χ2n) is 9.22. The van der Waals surface area contributed by atoms with Gasteiger partial charge in [-0.1, -0.05) is 6.07 Å². The zero-order chi connectivity index (χ0) is 25.1. The highest BCUT2D eigenvalue weighted by molar-refractivity contribution is 7.89. The van der Waals surface area contributed by atoms with Gasteiger partial charge in [0, 0.05) is 44.3 Å². The van der Waals surface area contributed by atoms with Gasteiger partial charge in [0.2, 0.25) is 10.0 Å². The minimum Gasteiger partial charge on any atom is -0.493 e. The lowest BCUT2D eigenvalue weighted by atomic mass is 10.1. The topological polar surface area (TPSA) is 114 Å². The number of methoxy groups -OCH3 is 2. The van der Waals surface area contributed by atoms with Gasteiger partial charge in [0.1, 0.15) is 5.69 Å². The van der Waals surface area contributed by atoms with Crippen molar-refractivity contribution in [3.8, 4) is 11.5 Å². The fourth-order valence-corrected chi connectivity index (χ4v) is 5.37. The number of nitrogens with one attached hydrogen (secondary N) is 1. The molecule has 34 heavy (non-hydrogen) atoms. The fourth-order valence-electron chi connectivity index (χ4n) is 3.93. The van der Waals surface area contributed by atoms with Gasteiger partial charge in [-0.25, -0.2) is 13.1 Å². The van der Waals surface area contributed by atoms with Crippen LogP contribution in [0.5, 0.6) is 11.5 Å². The van der Waals surface area contributed by atoms with Gasteiger partial charge in [0.15, 0.2) is 11.5 Å². The summed E-state index contributed by atoms with van der Waals surface area (Å²) >= 11 is 0. The summed E-state index contributed by atoms with van der Waals surface area (Å²) in [6.07, 6.45) is 0. The van der Waals surface area contributed by atoms with Gasteiger partial charge in [-0.15, -0.1) is 0 Å². The van der Waals surface area contributed by atoms with Crippen LogP contribution in [0.15, 0.2) is 41.3 Å². The lowest BCUT2D eigenvalue weighted by molar-refractivity contribution is -0.384. The van der Waals surface area contributed by atoms with E-state index in [1.165, 1.54) is 12.1 Å². The number of nitro benzene ring substituents is 1. The zero-order valence-corrected chi connectivity index (χ0v) is 21.0. The molecule has 0 aromatic heterocycles. The highest BCUT2D eigenvalue weighted by Crippen LogP contribution is 2.32. The number of hydrogen-bond donors (Lipinski definition) is 1. The third-order valence-corrected chi connectivity index (χ3v) is 7.22. The van der Waals surface area contributed by atoms with E-state index >= 15 is 0 Å². The smallest absolute Gasteiger partial charge is 0.293 e. The molecule has 11 heteroatoms. The van der Waals surface area contributed by atoms with Gasteiger partial charge in [0.05, 0.1) is 24.0 Å². The zero-order valence-electron chi connectivity index (χ0n) is 20.2. The number of hydrogen-bond acceptors (Lipinski definition) is 8. The van der Waals surface area contributed by atoms with Crippen LogP contribution in [0.25, 0.3) is 0 Å². The van der Waals surface area contributed by atoms with E-state index in [0.29, 0.717) is 49.9 Å². The number of anilines is 1. The van der Waals surface area contributed by atoms with Crippen molar-refractivity contribution in [3.05, 3.63) is 52.1 Å². The minimum absolute atomic E-state index is 0.120. The number of sulfonamides is 1. The second-order valence-corrected chi connectivity index (χ2v) is 10.9. The third kappa shape index (κ3) is 6.16. The van der Waals surface area contributed by atoms with Crippen LogP contribution < -0.4 is 19.1 Å². The first-order valence-electron chi connectivity index (χ1n) is 10.9. The molecule has 0 spiro atoms. The molecule has 1 fully saturated rings. The fraction of sp³-hybridized carbons (Fsp3) is 0.478. The van der Waals surface area contributed by atoms with Crippen LogP contribution in [0.3, 0.4) is 0 Å². The number of nitrogens with zero attached hydrogens (tertiary/aromatic N) is 3. The van der Waals surface area contributed by atoms with Crippen molar-refractivity contribution in [2.24, 2.45) is 0 Å². The molecule has 1 saturated heterocycles. The average molecular weight is 493 g/mol. The average Bonchev–Trinajstić information content (AvgIpc) is 2.77. The van der Waals surface area contributed by atoms with Crippen LogP contribution in [0.4, 0.5) is 11.4 Å². The number of piperazine rings is 1. The maximum absolute atomic E-state index is 12.6. The molecule has 1 N–H and O–H groups in total. The number of ether oxygens (including phenoxy) is 2. The highest BCUT2D eigenvalue weighted by atomic mass is 32.2. The molecule has 3 rings (SSSR count). The summed E-state index contributed by atoms with van der Waals surface area (Å²) in [6, 6.07) is 9.90. The lowest BCUT2D eigenvalue weighted by Crippen LogP contribution is -2.46. The molecule has 2 aromatic carbocycles. The Balaban J connectivity index is 1.73. The van der Waals surface area contributed by atoms with Crippen LogP contribution >= 0.6 is 0 Å². The number of benzene rings is 2. The van der Waals surface area contributed by atoms with E-state index < -0.39 is 20.5 Å². The van der Waals surface area contributed by atoms with Crippen LogP contribution in [-0.2, 0) is 16.6 Å². The first-order valence-corrected chi connectivity index (χ1v) is 12.4. The van der Waals surface area contributed by atoms with E-state index in [9.17, 15) is 18.5 Å². The maximum Gasteiger partial charge on any atom is 0.293 e. The predicted octanol–water partition coefficient (Wildman–Crippen LogP) is 3.01. The van der Waals surface area contributed by atoms with E-state index in [4.69, 9.17) is 9.47 Å². The van der Waals surface area contributed by atoms with Crippen molar-refractivity contribution in [2.75, 3.05) is 45.3 Å². The van der Waals surface area contributed by atoms with E-state index in [1.54, 1.807) is 35.0 Å². The van der Waals surface area contributed by atoms with E-state index in [0.717, 1.165) is 11.6 Å². The lowest BCUT2D eigenvalue weighted by Gasteiger charge is -2.36. The first kappa shape index (κ1) is 25.7. The molecule has 1 aliphatic heterocycles. The van der Waals surface area contributed by atoms with E-state index in [-0.39, 0.29) is 10.6 Å². The molecular formula is C23H32N4O6S. The van der Waals surface area contributed by atoms with Gasteiger partial charge in [-0.2, -0.15) is 0 Å².